The van der Waals surface area contributed by atoms with Gasteiger partial charge in [0.05, 0.1) is 17.2 Å². The monoisotopic (exact) mass is 383 g/mol. The summed E-state index contributed by atoms with van der Waals surface area (Å²) in [6.07, 6.45) is 3.42. The van der Waals surface area contributed by atoms with E-state index in [0.29, 0.717) is 19.1 Å². The molecule has 0 unspecified atom stereocenters. The molecular weight excluding hydrogens is 362 g/mol. The number of ether oxygens (including phenoxy) is 1. The number of aromatic nitrogens is 3. The molecule has 27 heavy (non-hydrogen) atoms. The molecule has 7 heteroatoms. The summed E-state index contributed by atoms with van der Waals surface area (Å²) in [4.78, 5) is 4.95. The minimum atomic E-state index is -3.22. The Labute approximate surface area is 158 Å². The van der Waals surface area contributed by atoms with Crippen molar-refractivity contribution in [3.8, 4) is 5.69 Å². The molecule has 0 radical (unpaired) electrons. The van der Waals surface area contributed by atoms with Gasteiger partial charge >= 0.3 is 0 Å². The van der Waals surface area contributed by atoms with E-state index in [1.807, 2.05) is 30.3 Å². The molecule has 1 fully saturated rings. The lowest BCUT2D eigenvalue weighted by Crippen LogP contribution is -2.06. The van der Waals surface area contributed by atoms with Crippen molar-refractivity contribution in [2.75, 3.05) is 6.26 Å². The van der Waals surface area contributed by atoms with Crippen LogP contribution < -0.4 is 0 Å². The van der Waals surface area contributed by atoms with Gasteiger partial charge in [0.15, 0.2) is 21.5 Å². The summed E-state index contributed by atoms with van der Waals surface area (Å²) in [5, 5.41) is 4.64. The van der Waals surface area contributed by atoms with Crippen molar-refractivity contribution in [1.82, 2.24) is 14.8 Å². The van der Waals surface area contributed by atoms with Crippen LogP contribution in [-0.2, 0) is 27.8 Å². The van der Waals surface area contributed by atoms with Gasteiger partial charge in [0, 0.05) is 12.2 Å². The second kappa shape index (κ2) is 7.25. The van der Waals surface area contributed by atoms with Crippen LogP contribution in [-0.4, -0.2) is 29.4 Å². The first-order chi connectivity index (χ1) is 13.0. The first kappa shape index (κ1) is 17.9. The predicted octanol–water partition coefficient (Wildman–Crippen LogP) is 3.27. The third-order valence-corrected chi connectivity index (χ3v) is 5.61. The zero-order valence-corrected chi connectivity index (χ0v) is 15.9. The van der Waals surface area contributed by atoms with Gasteiger partial charge in [0.2, 0.25) is 0 Å². The molecule has 0 amide bonds. The Balaban J connectivity index is 1.56. The van der Waals surface area contributed by atoms with E-state index in [1.165, 1.54) is 6.26 Å². The summed E-state index contributed by atoms with van der Waals surface area (Å²) >= 11 is 0. The van der Waals surface area contributed by atoms with E-state index in [1.54, 1.807) is 28.9 Å². The SMILES string of the molecule is CS(=O)(=O)c1ccc(-n2nc(C3CC3)nc2COCc2ccccc2)cc1. The maximum absolute atomic E-state index is 11.7. The average molecular weight is 383 g/mol. The van der Waals surface area contributed by atoms with Crippen molar-refractivity contribution in [2.24, 2.45) is 0 Å². The topological polar surface area (TPSA) is 74.1 Å². The van der Waals surface area contributed by atoms with Gasteiger partial charge in [-0.05, 0) is 42.7 Å². The molecule has 0 bridgehead atoms. The highest BCUT2D eigenvalue weighted by Gasteiger charge is 2.29. The smallest absolute Gasteiger partial charge is 0.175 e. The van der Waals surface area contributed by atoms with E-state index >= 15 is 0 Å². The highest BCUT2D eigenvalue weighted by Crippen LogP contribution is 2.38. The van der Waals surface area contributed by atoms with Crippen LogP contribution in [0.15, 0.2) is 59.5 Å². The van der Waals surface area contributed by atoms with Crippen LogP contribution in [0.5, 0.6) is 0 Å². The van der Waals surface area contributed by atoms with Crippen LogP contribution in [0.3, 0.4) is 0 Å². The molecule has 1 heterocycles. The number of nitrogens with zero attached hydrogens (tertiary/aromatic N) is 3. The van der Waals surface area contributed by atoms with Crippen molar-refractivity contribution in [3.63, 3.8) is 0 Å². The van der Waals surface area contributed by atoms with E-state index in [4.69, 9.17) is 4.74 Å². The zero-order valence-electron chi connectivity index (χ0n) is 15.1. The summed E-state index contributed by atoms with van der Waals surface area (Å²) < 4.78 is 30.9. The lowest BCUT2D eigenvalue weighted by Gasteiger charge is -2.08. The Morgan fingerprint density at radius 2 is 1.74 bits per heavy atom. The molecule has 6 nitrogen and oxygen atoms in total. The van der Waals surface area contributed by atoms with Gasteiger partial charge in [0.25, 0.3) is 0 Å². The Bertz CT molecular complexity index is 1020. The first-order valence-corrected chi connectivity index (χ1v) is 10.8. The summed E-state index contributed by atoms with van der Waals surface area (Å²) in [6.45, 7) is 0.835. The summed E-state index contributed by atoms with van der Waals surface area (Å²) in [7, 11) is -3.22. The fourth-order valence-electron chi connectivity index (χ4n) is 2.85. The molecule has 1 aromatic heterocycles. The van der Waals surface area contributed by atoms with Crippen LogP contribution in [0.25, 0.3) is 5.69 Å². The molecular formula is C20H21N3O3S. The van der Waals surface area contributed by atoms with Gasteiger partial charge in [-0.2, -0.15) is 5.10 Å². The number of hydrogen-bond acceptors (Lipinski definition) is 5. The Morgan fingerprint density at radius 1 is 1.04 bits per heavy atom. The fraction of sp³-hybridized carbons (Fsp3) is 0.300. The second-order valence-corrected chi connectivity index (χ2v) is 8.83. The largest absolute Gasteiger partial charge is 0.369 e. The molecule has 1 aliphatic rings. The van der Waals surface area contributed by atoms with E-state index < -0.39 is 9.84 Å². The van der Waals surface area contributed by atoms with E-state index in [2.05, 4.69) is 10.1 Å². The molecule has 1 aliphatic carbocycles. The second-order valence-electron chi connectivity index (χ2n) is 6.82. The molecule has 1 saturated carbocycles. The van der Waals surface area contributed by atoms with Gasteiger partial charge < -0.3 is 4.74 Å². The molecule has 0 aliphatic heterocycles. The molecule has 0 atom stereocenters. The molecule has 3 aromatic rings. The third-order valence-electron chi connectivity index (χ3n) is 4.49. The lowest BCUT2D eigenvalue weighted by molar-refractivity contribution is 0.100. The summed E-state index contributed by atoms with van der Waals surface area (Å²) in [5.74, 6) is 1.98. The number of sulfone groups is 1. The average Bonchev–Trinajstić information content (AvgIpc) is 3.43. The molecule has 0 N–H and O–H groups in total. The highest BCUT2D eigenvalue weighted by atomic mass is 32.2. The number of rotatable bonds is 7. The molecule has 140 valence electrons. The maximum Gasteiger partial charge on any atom is 0.175 e. The van der Waals surface area contributed by atoms with E-state index in [0.717, 1.165) is 35.7 Å². The molecule has 0 spiro atoms. The van der Waals surface area contributed by atoms with Crippen molar-refractivity contribution >= 4 is 9.84 Å². The normalized spacial score (nSPS) is 14.4. The van der Waals surface area contributed by atoms with Gasteiger partial charge in [-0.15, -0.1) is 0 Å². The number of benzene rings is 2. The quantitative estimate of drug-likeness (QED) is 0.626. The van der Waals surface area contributed by atoms with Gasteiger partial charge in [-0.25, -0.2) is 18.1 Å². The minimum absolute atomic E-state index is 0.288. The fourth-order valence-corrected chi connectivity index (χ4v) is 3.48. The standard InChI is InChI=1S/C20H21N3O3S/c1-27(24,25)18-11-9-17(10-12-18)23-19(21-20(22-23)16-7-8-16)14-26-13-15-5-3-2-4-6-15/h2-6,9-12,16H,7-8,13-14H2,1H3. The van der Waals surface area contributed by atoms with Crippen LogP contribution >= 0.6 is 0 Å². The van der Waals surface area contributed by atoms with E-state index in [9.17, 15) is 8.42 Å². The Morgan fingerprint density at radius 3 is 2.37 bits per heavy atom. The van der Waals surface area contributed by atoms with Gasteiger partial charge in [-0.3, -0.25) is 0 Å². The summed E-state index contributed by atoms with van der Waals surface area (Å²) in [5.41, 5.74) is 1.88. The molecule has 2 aromatic carbocycles. The summed E-state index contributed by atoms with van der Waals surface area (Å²) in [6, 6.07) is 16.7. The number of hydrogen-bond donors (Lipinski definition) is 0. The highest BCUT2D eigenvalue weighted by molar-refractivity contribution is 7.90. The van der Waals surface area contributed by atoms with Crippen molar-refractivity contribution in [1.29, 1.82) is 0 Å². The predicted molar refractivity (Wildman–Crippen MR) is 101 cm³/mol. The van der Waals surface area contributed by atoms with Crippen LogP contribution in [0.4, 0.5) is 0 Å². The van der Waals surface area contributed by atoms with Gasteiger partial charge in [-0.1, -0.05) is 30.3 Å². The first-order valence-electron chi connectivity index (χ1n) is 8.89. The van der Waals surface area contributed by atoms with Crippen LogP contribution in [0.2, 0.25) is 0 Å². The zero-order chi connectivity index (χ0) is 18.9. The van der Waals surface area contributed by atoms with Crippen LogP contribution in [0.1, 0.15) is 36.0 Å². The van der Waals surface area contributed by atoms with E-state index in [-0.39, 0.29) is 4.90 Å². The van der Waals surface area contributed by atoms with Crippen molar-refractivity contribution in [2.45, 2.75) is 36.9 Å². The van der Waals surface area contributed by atoms with Gasteiger partial charge in [0.1, 0.15) is 6.61 Å². The third kappa shape index (κ3) is 4.26. The Kier molecular flexibility index (Phi) is 4.80. The lowest BCUT2D eigenvalue weighted by atomic mass is 10.2. The van der Waals surface area contributed by atoms with Crippen molar-refractivity contribution in [3.05, 3.63) is 71.8 Å². The Hall–Kier alpha value is -2.51. The maximum atomic E-state index is 11.7. The molecule has 0 saturated heterocycles. The minimum Gasteiger partial charge on any atom is -0.369 e. The van der Waals surface area contributed by atoms with Crippen molar-refractivity contribution < 1.29 is 13.2 Å². The molecule has 4 rings (SSSR count). The van der Waals surface area contributed by atoms with Crippen LogP contribution in [0, 0.1) is 0 Å².